The number of hydrogen-bond donors (Lipinski definition) is 1. The lowest BCUT2D eigenvalue weighted by atomic mass is 9.92. The molecule has 1 N–H and O–H groups in total. The third-order valence-electron chi connectivity index (χ3n) is 6.69. The van der Waals surface area contributed by atoms with Crippen LogP contribution >= 0.6 is 0 Å². The van der Waals surface area contributed by atoms with Crippen molar-refractivity contribution in [1.29, 1.82) is 0 Å². The molecule has 3 rings (SSSR count). The number of hydrogen-bond acceptors (Lipinski definition) is 4. The molecule has 1 amide bonds. The highest BCUT2D eigenvalue weighted by Gasteiger charge is 2.35. The van der Waals surface area contributed by atoms with Crippen molar-refractivity contribution in [3.05, 3.63) is 0 Å². The van der Waals surface area contributed by atoms with Crippen molar-refractivity contribution < 1.29 is 13.2 Å². The fourth-order valence-corrected chi connectivity index (χ4v) is 6.96. The minimum atomic E-state index is -3.35. The number of carbonyl (C=O) groups is 1. The molecule has 0 unspecified atom stereocenters. The molecule has 2 atom stereocenters. The number of carbonyl (C=O) groups excluding carboxylic acids is 1. The highest BCUT2D eigenvalue weighted by atomic mass is 32.2. The zero-order valence-corrected chi connectivity index (χ0v) is 19.1. The normalized spacial score (nSPS) is 29.0. The molecule has 0 aliphatic carbocycles. The van der Waals surface area contributed by atoms with Crippen LogP contribution in [0.4, 0.5) is 0 Å². The number of amides is 1. The largest absolute Gasteiger partial charge is 0.356 e. The van der Waals surface area contributed by atoms with Crippen LogP contribution in [0.25, 0.3) is 0 Å². The van der Waals surface area contributed by atoms with Crippen molar-refractivity contribution >= 4 is 16.1 Å². The first-order valence-electron chi connectivity index (χ1n) is 11.6. The molecule has 29 heavy (non-hydrogen) atoms. The van der Waals surface area contributed by atoms with Gasteiger partial charge in [0.1, 0.15) is 0 Å². The lowest BCUT2D eigenvalue weighted by Gasteiger charge is -2.36. The van der Waals surface area contributed by atoms with Crippen LogP contribution in [0, 0.1) is 17.8 Å². The fraction of sp³-hybridized carbons (Fsp3) is 0.952. The maximum Gasteiger partial charge on any atom is 0.281 e. The van der Waals surface area contributed by atoms with Crippen LogP contribution in [0.1, 0.15) is 58.8 Å². The minimum absolute atomic E-state index is 0.0576. The van der Waals surface area contributed by atoms with Crippen molar-refractivity contribution in [2.24, 2.45) is 17.8 Å². The van der Waals surface area contributed by atoms with E-state index in [0.717, 1.165) is 44.1 Å². The summed E-state index contributed by atoms with van der Waals surface area (Å²) in [6.45, 7) is 10.9. The van der Waals surface area contributed by atoms with E-state index >= 15 is 0 Å². The summed E-state index contributed by atoms with van der Waals surface area (Å²) in [4.78, 5) is 15.0. The van der Waals surface area contributed by atoms with Gasteiger partial charge in [-0.15, -0.1) is 0 Å². The molecule has 0 radical (unpaired) electrons. The van der Waals surface area contributed by atoms with E-state index in [1.54, 1.807) is 8.61 Å². The average Bonchev–Trinajstić information content (AvgIpc) is 2.71. The first-order valence-corrected chi connectivity index (χ1v) is 13.0. The first-order chi connectivity index (χ1) is 13.9. The molecule has 0 aromatic rings. The van der Waals surface area contributed by atoms with Gasteiger partial charge in [0.05, 0.1) is 0 Å². The Morgan fingerprint density at radius 1 is 0.931 bits per heavy atom. The van der Waals surface area contributed by atoms with Crippen LogP contribution in [-0.2, 0) is 15.0 Å². The standard InChI is InChI=1S/C21H40N4O3S/c1-18-15-19(2)17-23(16-18)10-6-9-22-21(26)20-7-13-25(14-8-20)29(27,28)24-11-4-3-5-12-24/h18-20H,3-17H2,1-2H3,(H,22,26)/t18-,19-/m1/s1. The number of rotatable bonds is 7. The predicted molar refractivity (Wildman–Crippen MR) is 116 cm³/mol. The SMILES string of the molecule is C[C@@H]1C[C@@H](C)CN(CCCNC(=O)C2CCN(S(=O)(=O)N3CCCCC3)CC2)C1. The topological polar surface area (TPSA) is 73.0 Å². The smallest absolute Gasteiger partial charge is 0.281 e. The van der Waals surface area contributed by atoms with E-state index in [1.807, 2.05) is 0 Å². The van der Waals surface area contributed by atoms with Gasteiger partial charge in [-0.3, -0.25) is 4.79 Å². The molecule has 3 fully saturated rings. The summed E-state index contributed by atoms with van der Waals surface area (Å²) in [5.74, 6) is 1.57. The molecular weight excluding hydrogens is 388 g/mol. The fourth-order valence-electron chi connectivity index (χ4n) is 5.24. The van der Waals surface area contributed by atoms with Gasteiger partial charge in [-0.1, -0.05) is 20.3 Å². The van der Waals surface area contributed by atoms with Crippen LogP contribution in [0.5, 0.6) is 0 Å². The second-order valence-electron chi connectivity index (χ2n) is 9.49. The molecular formula is C21H40N4O3S. The van der Waals surface area contributed by atoms with Crippen LogP contribution < -0.4 is 5.32 Å². The highest BCUT2D eigenvalue weighted by Crippen LogP contribution is 2.24. The van der Waals surface area contributed by atoms with Gasteiger partial charge in [0, 0.05) is 51.7 Å². The van der Waals surface area contributed by atoms with Crippen molar-refractivity contribution in [1.82, 2.24) is 18.8 Å². The number of nitrogens with one attached hydrogen (secondary N) is 1. The Morgan fingerprint density at radius 3 is 2.14 bits per heavy atom. The molecule has 0 bridgehead atoms. The maximum absolute atomic E-state index is 12.8. The summed E-state index contributed by atoms with van der Waals surface area (Å²) >= 11 is 0. The summed E-state index contributed by atoms with van der Waals surface area (Å²) in [5, 5.41) is 3.09. The van der Waals surface area contributed by atoms with Gasteiger partial charge in [0.15, 0.2) is 0 Å². The first kappa shape index (κ1) is 23.0. The zero-order valence-electron chi connectivity index (χ0n) is 18.3. The molecule has 3 heterocycles. The zero-order chi connectivity index (χ0) is 20.9. The summed E-state index contributed by atoms with van der Waals surface area (Å²) in [6.07, 6.45) is 6.57. The predicted octanol–water partition coefficient (Wildman–Crippen LogP) is 1.91. The Morgan fingerprint density at radius 2 is 1.52 bits per heavy atom. The van der Waals surface area contributed by atoms with Gasteiger partial charge in [0.2, 0.25) is 5.91 Å². The molecule has 0 saturated carbocycles. The van der Waals surface area contributed by atoms with Crippen LogP contribution in [-0.4, -0.2) is 80.2 Å². The molecule has 8 heteroatoms. The molecule has 3 saturated heterocycles. The summed E-state index contributed by atoms with van der Waals surface area (Å²) < 4.78 is 28.8. The van der Waals surface area contributed by atoms with Crippen molar-refractivity contribution in [3.8, 4) is 0 Å². The Hall–Kier alpha value is -0.700. The van der Waals surface area contributed by atoms with Crippen molar-refractivity contribution in [3.63, 3.8) is 0 Å². The van der Waals surface area contributed by atoms with E-state index in [2.05, 4.69) is 24.1 Å². The lowest BCUT2D eigenvalue weighted by molar-refractivity contribution is -0.126. The Kier molecular flexibility index (Phi) is 8.36. The third-order valence-corrected chi connectivity index (χ3v) is 8.72. The summed E-state index contributed by atoms with van der Waals surface area (Å²) in [6, 6.07) is 0. The van der Waals surface area contributed by atoms with E-state index < -0.39 is 10.2 Å². The average molecular weight is 429 g/mol. The minimum Gasteiger partial charge on any atom is -0.356 e. The Balaban J connectivity index is 1.34. The molecule has 3 aliphatic heterocycles. The van der Waals surface area contributed by atoms with Gasteiger partial charge in [0.25, 0.3) is 10.2 Å². The molecule has 0 aromatic heterocycles. The summed E-state index contributed by atoms with van der Waals surface area (Å²) in [7, 11) is -3.35. The monoisotopic (exact) mass is 428 g/mol. The summed E-state index contributed by atoms with van der Waals surface area (Å²) in [5.41, 5.74) is 0. The van der Waals surface area contributed by atoms with Gasteiger partial charge in [-0.25, -0.2) is 0 Å². The molecule has 3 aliphatic rings. The molecule has 168 valence electrons. The molecule has 0 aromatic carbocycles. The van der Waals surface area contributed by atoms with E-state index in [0.29, 0.717) is 45.6 Å². The highest BCUT2D eigenvalue weighted by molar-refractivity contribution is 7.86. The van der Waals surface area contributed by atoms with E-state index in [-0.39, 0.29) is 11.8 Å². The Bertz CT molecular complexity index is 618. The van der Waals surface area contributed by atoms with Gasteiger partial charge >= 0.3 is 0 Å². The number of piperidine rings is 3. The maximum atomic E-state index is 12.8. The quantitative estimate of drug-likeness (QED) is 0.629. The number of likely N-dealkylation sites (tertiary alicyclic amines) is 1. The molecule has 7 nitrogen and oxygen atoms in total. The van der Waals surface area contributed by atoms with Crippen molar-refractivity contribution in [2.75, 3.05) is 52.4 Å². The second-order valence-corrected chi connectivity index (χ2v) is 11.4. The lowest BCUT2D eigenvalue weighted by Crippen LogP contribution is -2.50. The Labute approximate surface area is 177 Å². The van der Waals surface area contributed by atoms with E-state index in [1.165, 1.54) is 19.5 Å². The van der Waals surface area contributed by atoms with Crippen LogP contribution in [0.2, 0.25) is 0 Å². The van der Waals surface area contributed by atoms with Gasteiger partial charge in [-0.05, 0) is 56.9 Å². The third kappa shape index (κ3) is 6.39. The molecule has 0 spiro atoms. The van der Waals surface area contributed by atoms with E-state index in [9.17, 15) is 13.2 Å². The van der Waals surface area contributed by atoms with Crippen LogP contribution in [0.15, 0.2) is 0 Å². The van der Waals surface area contributed by atoms with Gasteiger partial charge < -0.3 is 10.2 Å². The van der Waals surface area contributed by atoms with E-state index in [4.69, 9.17) is 0 Å². The second kappa shape index (κ2) is 10.6. The van der Waals surface area contributed by atoms with Crippen molar-refractivity contribution in [2.45, 2.75) is 58.8 Å². The van der Waals surface area contributed by atoms with Gasteiger partial charge in [-0.2, -0.15) is 17.0 Å². The van der Waals surface area contributed by atoms with Crippen LogP contribution in [0.3, 0.4) is 0 Å². The number of nitrogens with zero attached hydrogens (tertiary/aromatic N) is 3.